The summed E-state index contributed by atoms with van der Waals surface area (Å²) >= 11 is 0. The minimum absolute atomic E-state index is 0.562. The molecule has 0 N–H and O–H groups in total. The Hall–Kier alpha value is -0.630. The van der Waals surface area contributed by atoms with Gasteiger partial charge in [0, 0.05) is 19.6 Å². The van der Waals surface area contributed by atoms with Crippen LogP contribution in [0.4, 0.5) is 0 Å². The first-order valence-electron chi connectivity index (χ1n) is 6.02. The molecular formula is C12H23NO3. The Kier molecular flexibility index (Phi) is 13.8. The smallest absolute Gasteiger partial charge is 0.0701 e. The molecule has 16 heavy (non-hydrogen) atoms. The van der Waals surface area contributed by atoms with Crippen LogP contribution in [-0.4, -0.2) is 39.6 Å². The van der Waals surface area contributed by atoms with E-state index < -0.39 is 0 Å². The summed E-state index contributed by atoms with van der Waals surface area (Å²) in [6.07, 6.45) is 3.64. The van der Waals surface area contributed by atoms with Gasteiger partial charge in [-0.2, -0.15) is 5.26 Å². The van der Waals surface area contributed by atoms with Crippen LogP contribution >= 0.6 is 0 Å². The van der Waals surface area contributed by atoms with Gasteiger partial charge in [-0.25, -0.2) is 0 Å². The standard InChI is InChI=1S/C12H23NO3/c1-2-3-7-14-9-11-16-12-10-15-8-5-4-6-13/h2-5,7-12H2,1H3. The van der Waals surface area contributed by atoms with Crippen LogP contribution in [0.1, 0.15) is 32.6 Å². The molecule has 0 radical (unpaired) electrons. The lowest BCUT2D eigenvalue weighted by Gasteiger charge is -2.05. The maximum atomic E-state index is 8.28. The molecule has 0 saturated carbocycles. The largest absolute Gasteiger partial charge is 0.379 e. The van der Waals surface area contributed by atoms with Gasteiger partial charge in [-0.3, -0.25) is 0 Å². The van der Waals surface area contributed by atoms with E-state index in [1.54, 1.807) is 0 Å². The zero-order valence-electron chi connectivity index (χ0n) is 10.2. The van der Waals surface area contributed by atoms with Crippen LogP contribution in [0, 0.1) is 11.3 Å². The lowest BCUT2D eigenvalue weighted by atomic mass is 10.3. The second-order valence-corrected chi connectivity index (χ2v) is 3.45. The van der Waals surface area contributed by atoms with Crippen LogP contribution in [0.3, 0.4) is 0 Å². The van der Waals surface area contributed by atoms with Gasteiger partial charge in [-0.1, -0.05) is 13.3 Å². The second kappa shape index (κ2) is 14.4. The molecule has 0 fully saturated rings. The van der Waals surface area contributed by atoms with Crippen molar-refractivity contribution in [2.24, 2.45) is 0 Å². The Morgan fingerprint density at radius 2 is 1.31 bits per heavy atom. The molecule has 0 aliphatic carbocycles. The molecule has 0 bridgehead atoms. The highest BCUT2D eigenvalue weighted by Gasteiger charge is 1.91. The van der Waals surface area contributed by atoms with Gasteiger partial charge in [0.2, 0.25) is 0 Å². The van der Waals surface area contributed by atoms with Gasteiger partial charge in [-0.15, -0.1) is 0 Å². The van der Waals surface area contributed by atoms with Crippen molar-refractivity contribution >= 4 is 0 Å². The molecule has 0 atom stereocenters. The maximum absolute atomic E-state index is 8.28. The number of rotatable bonds is 12. The van der Waals surface area contributed by atoms with Crippen molar-refractivity contribution in [3.05, 3.63) is 0 Å². The molecule has 0 aromatic heterocycles. The Labute approximate surface area is 98.5 Å². The minimum Gasteiger partial charge on any atom is -0.379 e. The average Bonchev–Trinajstić information content (AvgIpc) is 2.31. The fraction of sp³-hybridized carbons (Fsp3) is 0.917. The number of nitriles is 1. The van der Waals surface area contributed by atoms with Gasteiger partial charge in [0.05, 0.1) is 32.5 Å². The zero-order chi connectivity index (χ0) is 11.9. The van der Waals surface area contributed by atoms with Gasteiger partial charge in [0.1, 0.15) is 0 Å². The predicted molar refractivity (Wildman–Crippen MR) is 62.2 cm³/mol. The third kappa shape index (κ3) is 13.4. The van der Waals surface area contributed by atoms with E-state index in [1.807, 2.05) is 0 Å². The topological polar surface area (TPSA) is 51.5 Å². The van der Waals surface area contributed by atoms with E-state index in [0.717, 1.165) is 25.9 Å². The molecular weight excluding hydrogens is 206 g/mol. The van der Waals surface area contributed by atoms with Crippen molar-refractivity contribution in [2.75, 3.05) is 39.6 Å². The number of hydrogen-bond acceptors (Lipinski definition) is 4. The van der Waals surface area contributed by atoms with Crippen LogP contribution in [0.5, 0.6) is 0 Å². The van der Waals surface area contributed by atoms with Crippen LogP contribution in [0.25, 0.3) is 0 Å². The van der Waals surface area contributed by atoms with Crippen LogP contribution in [0.2, 0.25) is 0 Å². The Bertz CT molecular complexity index is 168. The second-order valence-electron chi connectivity index (χ2n) is 3.45. The molecule has 0 aliphatic heterocycles. The first kappa shape index (κ1) is 15.4. The monoisotopic (exact) mass is 229 g/mol. The van der Waals surface area contributed by atoms with Crippen LogP contribution < -0.4 is 0 Å². The van der Waals surface area contributed by atoms with Crippen molar-refractivity contribution < 1.29 is 14.2 Å². The molecule has 0 rings (SSSR count). The highest BCUT2D eigenvalue weighted by Crippen LogP contribution is 1.89. The number of unbranched alkanes of at least 4 members (excludes halogenated alkanes) is 2. The van der Waals surface area contributed by atoms with E-state index in [0.29, 0.717) is 39.5 Å². The molecule has 0 amide bonds. The Balaban J connectivity index is 2.86. The summed E-state index contributed by atoms with van der Waals surface area (Å²) in [7, 11) is 0. The molecule has 0 heterocycles. The minimum atomic E-state index is 0.562. The van der Waals surface area contributed by atoms with Gasteiger partial charge in [-0.05, 0) is 12.8 Å². The van der Waals surface area contributed by atoms with Crippen molar-refractivity contribution in [2.45, 2.75) is 32.6 Å². The highest BCUT2D eigenvalue weighted by molar-refractivity contribution is 4.67. The molecule has 0 aliphatic rings. The van der Waals surface area contributed by atoms with E-state index in [2.05, 4.69) is 13.0 Å². The summed E-state index contributed by atoms with van der Waals surface area (Å²) in [4.78, 5) is 0. The summed E-state index contributed by atoms with van der Waals surface area (Å²) < 4.78 is 15.9. The predicted octanol–water partition coefficient (Wildman–Crippen LogP) is 2.14. The summed E-state index contributed by atoms with van der Waals surface area (Å²) in [6, 6.07) is 2.08. The molecule has 0 unspecified atom stereocenters. The van der Waals surface area contributed by atoms with Crippen LogP contribution in [-0.2, 0) is 14.2 Å². The van der Waals surface area contributed by atoms with Crippen LogP contribution in [0.15, 0.2) is 0 Å². The lowest BCUT2D eigenvalue weighted by Crippen LogP contribution is -2.10. The summed E-state index contributed by atoms with van der Waals surface area (Å²) in [6.45, 7) is 6.10. The van der Waals surface area contributed by atoms with Crippen molar-refractivity contribution in [3.63, 3.8) is 0 Å². The van der Waals surface area contributed by atoms with Gasteiger partial charge in [0.15, 0.2) is 0 Å². The molecule has 0 aromatic carbocycles. The molecule has 94 valence electrons. The summed E-state index contributed by atoms with van der Waals surface area (Å²) in [5.74, 6) is 0. The number of hydrogen-bond donors (Lipinski definition) is 0. The molecule has 0 spiro atoms. The van der Waals surface area contributed by atoms with Gasteiger partial charge in [0.25, 0.3) is 0 Å². The van der Waals surface area contributed by atoms with E-state index in [-0.39, 0.29) is 0 Å². The Morgan fingerprint density at radius 3 is 1.81 bits per heavy atom. The number of ether oxygens (including phenoxy) is 3. The first-order chi connectivity index (χ1) is 7.91. The normalized spacial score (nSPS) is 10.2. The molecule has 4 nitrogen and oxygen atoms in total. The fourth-order valence-corrected chi connectivity index (χ4v) is 1.04. The third-order valence-corrected chi connectivity index (χ3v) is 1.96. The van der Waals surface area contributed by atoms with E-state index in [9.17, 15) is 0 Å². The number of nitrogens with zero attached hydrogens (tertiary/aromatic N) is 1. The van der Waals surface area contributed by atoms with Gasteiger partial charge >= 0.3 is 0 Å². The maximum Gasteiger partial charge on any atom is 0.0701 e. The highest BCUT2D eigenvalue weighted by atomic mass is 16.5. The molecule has 0 saturated heterocycles. The first-order valence-corrected chi connectivity index (χ1v) is 6.02. The fourth-order valence-electron chi connectivity index (χ4n) is 1.04. The molecule has 4 heteroatoms. The Morgan fingerprint density at radius 1 is 0.812 bits per heavy atom. The van der Waals surface area contributed by atoms with Crippen molar-refractivity contribution in [3.8, 4) is 6.07 Å². The third-order valence-electron chi connectivity index (χ3n) is 1.96. The SMILES string of the molecule is CCCCOCCOCCOCCCC#N. The van der Waals surface area contributed by atoms with Crippen molar-refractivity contribution in [1.82, 2.24) is 0 Å². The summed E-state index contributed by atoms with van der Waals surface area (Å²) in [5, 5.41) is 8.28. The van der Waals surface area contributed by atoms with E-state index >= 15 is 0 Å². The average molecular weight is 229 g/mol. The zero-order valence-corrected chi connectivity index (χ0v) is 10.2. The lowest BCUT2D eigenvalue weighted by molar-refractivity contribution is 0.0138. The molecule has 0 aromatic rings. The van der Waals surface area contributed by atoms with E-state index in [4.69, 9.17) is 19.5 Å². The van der Waals surface area contributed by atoms with Crippen molar-refractivity contribution in [1.29, 1.82) is 5.26 Å². The quantitative estimate of drug-likeness (QED) is 0.481. The van der Waals surface area contributed by atoms with Gasteiger partial charge < -0.3 is 14.2 Å². The van der Waals surface area contributed by atoms with E-state index in [1.165, 1.54) is 0 Å². The summed E-state index contributed by atoms with van der Waals surface area (Å²) in [5.41, 5.74) is 0.